The Morgan fingerprint density at radius 1 is 1.33 bits per heavy atom. The summed E-state index contributed by atoms with van der Waals surface area (Å²) < 4.78 is 10.4. The Bertz CT molecular complexity index is 490. The van der Waals surface area contributed by atoms with E-state index in [4.69, 9.17) is 9.47 Å². The third-order valence-electron chi connectivity index (χ3n) is 3.87. The minimum absolute atomic E-state index is 0.134. The highest BCUT2D eigenvalue weighted by molar-refractivity contribution is 5.97. The summed E-state index contributed by atoms with van der Waals surface area (Å²) in [5.74, 6) is 1.06. The fourth-order valence-corrected chi connectivity index (χ4v) is 2.70. The molecule has 1 heterocycles. The van der Waals surface area contributed by atoms with Crippen molar-refractivity contribution in [2.45, 2.75) is 38.3 Å². The van der Waals surface area contributed by atoms with Crippen molar-refractivity contribution >= 4 is 5.91 Å². The quantitative estimate of drug-likeness (QED) is 0.871. The van der Waals surface area contributed by atoms with Gasteiger partial charge in [0.1, 0.15) is 11.5 Å². The average molecular weight is 292 g/mol. The molecule has 21 heavy (non-hydrogen) atoms. The van der Waals surface area contributed by atoms with Gasteiger partial charge in [-0.2, -0.15) is 0 Å². The van der Waals surface area contributed by atoms with E-state index in [-0.39, 0.29) is 5.91 Å². The molecule has 1 aliphatic heterocycles. The lowest BCUT2D eigenvalue weighted by Gasteiger charge is -2.28. The van der Waals surface area contributed by atoms with Gasteiger partial charge < -0.3 is 20.1 Å². The average Bonchev–Trinajstić information content (AvgIpc) is 2.52. The number of hydrogen-bond acceptors (Lipinski definition) is 4. The minimum Gasteiger partial charge on any atom is -0.497 e. The lowest BCUT2D eigenvalue weighted by Crippen LogP contribution is -2.47. The smallest absolute Gasteiger partial charge is 0.255 e. The van der Waals surface area contributed by atoms with E-state index in [0.29, 0.717) is 35.7 Å². The molecule has 2 atom stereocenters. The van der Waals surface area contributed by atoms with Gasteiger partial charge in [0.15, 0.2) is 0 Å². The number of hydrogen-bond donors (Lipinski definition) is 2. The second kappa shape index (κ2) is 7.31. The van der Waals surface area contributed by atoms with Crippen molar-refractivity contribution in [3.63, 3.8) is 0 Å². The van der Waals surface area contributed by atoms with E-state index >= 15 is 0 Å². The number of benzene rings is 1. The predicted molar refractivity (Wildman–Crippen MR) is 82.1 cm³/mol. The van der Waals surface area contributed by atoms with Gasteiger partial charge >= 0.3 is 0 Å². The summed E-state index contributed by atoms with van der Waals surface area (Å²) >= 11 is 0. The SMILES string of the molecule is COc1ccc(OC)c(C(=O)NCC2CCCC(C)N2)c1. The van der Waals surface area contributed by atoms with Gasteiger partial charge in [-0.3, -0.25) is 4.79 Å². The molecule has 1 aliphatic rings. The van der Waals surface area contributed by atoms with Gasteiger partial charge in [0, 0.05) is 18.6 Å². The number of carbonyl (C=O) groups excluding carboxylic acids is 1. The molecule has 1 amide bonds. The van der Waals surface area contributed by atoms with Crippen molar-refractivity contribution in [2.75, 3.05) is 20.8 Å². The van der Waals surface area contributed by atoms with Crippen LogP contribution < -0.4 is 20.1 Å². The topological polar surface area (TPSA) is 59.6 Å². The van der Waals surface area contributed by atoms with E-state index in [1.165, 1.54) is 12.8 Å². The van der Waals surface area contributed by atoms with Crippen LogP contribution in [0, 0.1) is 0 Å². The van der Waals surface area contributed by atoms with Crippen molar-refractivity contribution < 1.29 is 14.3 Å². The van der Waals surface area contributed by atoms with E-state index < -0.39 is 0 Å². The van der Waals surface area contributed by atoms with Gasteiger partial charge in [0.25, 0.3) is 5.91 Å². The zero-order valence-corrected chi connectivity index (χ0v) is 12.9. The van der Waals surface area contributed by atoms with Crippen LogP contribution in [-0.4, -0.2) is 38.8 Å². The van der Waals surface area contributed by atoms with Crippen molar-refractivity contribution in [2.24, 2.45) is 0 Å². The first-order chi connectivity index (χ1) is 10.1. The molecule has 1 aromatic rings. The molecule has 2 rings (SSSR count). The number of piperidine rings is 1. The highest BCUT2D eigenvalue weighted by atomic mass is 16.5. The highest BCUT2D eigenvalue weighted by Crippen LogP contribution is 2.23. The van der Waals surface area contributed by atoms with Gasteiger partial charge in [-0.15, -0.1) is 0 Å². The molecule has 0 aromatic heterocycles. The molecule has 5 nitrogen and oxygen atoms in total. The van der Waals surface area contributed by atoms with Crippen LogP contribution >= 0.6 is 0 Å². The molecule has 5 heteroatoms. The van der Waals surface area contributed by atoms with E-state index in [0.717, 1.165) is 6.42 Å². The molecule has 0 spiro atoms. The largest absolute Gasteiger partial charge is 0.497 e. The Labute approximate surface area is 126 Å². The number of carbonyl (C=O) groups is 1. The molecule has 1 aromatic carbocycles. The molecule has 116 valence electrons. The van der Waals surface area contributed by atoms with Crippen LogP contribution in [0.15, 0.2) is 18.2 Å². The molecule has 1 fully saturated rings. The maximum atomic E-state index is 12.3. The lowest BCUT2D eigenvalue weighted by molar-refractivity contribution is 0.0943. The first-order valence-electron chi connectivity index (χ1n) is 7.40. The molecular formula is C16H24N2O3. The first-order valence-corrected chi connectivity index (χ1v) is 7.40. The summed E-state index contributed by atoms with van der Waals surface area (Å²) in [6, 6.07) is 6.08. The zero-order valence-electron chi connectivity index (χ0n) is 12.9. The van der Waals surface area contributed by atoms with Crippen LogP contribution in [0.2, 0.25) is 0 Å². The van der Waals surface area contributed by atoms with Gasteiger partial charge in [-0.05, 0) is 38.0 Å². The molecule has 2 unspecified atom stereocenters. The Hall–Kier alpha value is -1.75. The lowest BCUT2D eigenvalue weighted by atomic mass is 9.99. The van der Waals surface area contributed by atoms with Crippen molar-refractivity contribution in [3.8, 4) is 11.5 Å². The maximum Gasteiger partial charge on any atom is 0.255 e. The van der Waals surface area contributed by atoms with E-state index in [9.17, 15) is 4.79 Å². The van der Waals surface area contributed by atoms with Crippen LogP contribution in [0.1, 0.15) is 36.5 Å². The predicted octanol–water partition coefficient (Wildman–Crippen LogP) is 1.96. The normalized spacial score (nSPS) is 21.7. The number of ether oxygens (including phenoxy) is 2. The second-order valence-electron chi connectivity index (χ2n) is 5.47. The number of rotatable bonds is 5. The Morgan fingerprint density at radius 2 is 2.14 bits per heavy atom. The van der Waals surface area contributed by atoms with Crippen molar-refractivity contribution in [3.05, 3.63) is 23.8 Å². The standard InChI is InChI=1S/C16H24N2O3/c1-11-5-4-6-12(18-11)10-17-16(19)14-9-13(20-2)7-8-15(14)21-3/h7-9,11-12,18H,4-6,10H2,1-3H3,(H,17,19). The Morgan fingerprint density at radius 3 is 2.81 bits per heavy atom. The van der Waals surface area contributed by atoms with E-state index in [1.54, 1.807) is 32.4 Å². The van der Waals surface area contributed by atoms with E-state index in [2.05, 4.69) is 17.6 Å². The van der Waals surface area contributed by atoms with Crippen LogP contribution in [0.3, 0.4) is 0 Å². The zero-order chi connectivity index (χ0) is 15.2. The Kier molecular flexibility index (Phi) is 5.44. The monoisotopic (exact) mass is 292 g/mol. The van der Waals surface area contributed by atoms with Gasteiger partial charge in [0.05, 0.1) is 19.8 Å². The fraction of sp³-hybridized carbons (Fsp3) is 0.562. The van der Waals surface area contributed by atoms with Gasteiger partial charge in [-0.1, -0.05) is 6.42 Å². The number of methoxy groups -OCH3 is 2. The summed E-state index contributed by atoms with van der Waals surface area (Å²) in [6.07, 6.45) is 3.51. The third-order valence-corrected chi connectivity index (χ3v) is 3.87. The number of amides is 1. The van der Waals surface area contributed by atoms with Crippen molar-refractivity contribution in [1.29, 1.82) is 0 Å². The van der Waals surface area contributed by atoms with Crippen molar-refractivity contribution in [1.82, 2.24) is 10.6 Å². The van der Waals surface area contributed by atoms with Gasteiger partial charge in [0.2, 0.25) is 0 Å². The Balaban J connectivity index is 1.99. The molecule has 0 radical (unpaired) electrons. The van der Waals surface area contributed by atoms with E-state index in [1.807, 2.05) is 0 Å². The molecule has 2 N–H and O–H groups in total. The van der Waals surface area contributed by atoms with Crippen LogP contribution in [0.4, 0.5) is 0 Å². The first kappa shape index (κ1) is 15.6. The van der Waals surface area contributed by atoms with Crippen LogP contribution in [-0.2, 0) is 0 Å². The summed E-state index contributed by atoms with van der Waals surface area (Å²) in [7, 11) is 3.14. The molecule has 0 saturated carbocycles. The van der Waals surface area contributed by atoms with Gasteiger partial charge in [-0.25, -0.2) is 0 Å². The number of nitrogens with one attached hydrogen (secondary N) is 2. The highest BCUT2D eigenvalue weighted by Gasteiger charge is 2.19. The van der Waals surface area contributed by atoms with Crippen LogP contribution in [0.5, 0.6) is 11.5 Å². The maximum absolute atomic E-state index is 12.3. The summed E-state index contributed by atoms with van der Waals surface area (Å²) in [6.45, 7) is 2.81. The second-order valence-corrected chi connectivity index (χ2v) is 5.47. The molecule has 0 bridgehead atoms. The molecule has 0 aliphatic carbocycles. The summed E-state index contributed by atoms with van der Waals surface area (Å²) in [4.78, 5) is 12.3. The molecule has 1 saturated heterocycles. The minimum atomic E-state index is -0.134. The third kappa shape index (κ3) is 4.11. The fourth-order valence-electron chi connectivity index (χ4n) is 2.70. The summed E-state index contributed by atoms with van der Waals surface area (Å²) in [5.41, 5.74) is 0.501. The van der Waals surface area contributed by atoms with Crippen LogP contribution in [0.25, 0.3) is 0 Å². The summed E-state index contributed by atoms with van der Waals surface area (Å²) in [5, 5.41) is 6.48. The molecular weight excluding hydrogens is 268 g/mol.